The molecule has 4 heteroatoms. The SMILES string of the molecule is CCCCCCCCC(Oc1ccc(N)c(C)c1)Oc1ccccc1N. The summed E-state index contributed by atoms with van der Waals surface area (Å²) in [6.45, 7) is 4.21. The fraction of sp³-hybridized carbons (Fsp3) is 0.455. The summed E-state index contributed by atoms with van der Waals surface area (Å²) in [5.41, 5.74) is 14.3. The standard InChI is InChI=1S/C22H32N2O2/c1-3-4-5-6-7-8-13-22(26-21-12-10-9-11-20(21)24)25-18-14-15-19(23)17(2)16-18/h9-12,14-16,22H,3-8,13,23-24H2,1-2H3. The van der Waals surface area contributed by atoms with Crippen LogP contribution in [-0.2, 0) is 0 Å². The molecular formula is C22H32N2O2. The van der Waals surface area contributed by atoms with Crippen molar-refractivity contribution in [2.24, 2.45) is 0 Å². The Hall–Kier alpha value is -2.36. The molecule has 0 aliphatic carbocycles. The van der Waals surface area contributed by atoms with E-state index < -0.39 is 0 Å². The average molecular weight is 357 g/mol. The van der Waals surface area contributed by atoms with E-state index in [9.17, 15) is 0 Å². The topological polar surface area (TPSA) is 70.5 Å². The van der Waals surface area contributed by atoms with Crippen LogP contribution < -0.4 is 20.9 Å². The highest BCUT2D eigenvalue weighted by molar-refractivity contribution is 5.52. The van der Waals surface area contributed by atoms with Crippen molar-refractivity contribution in [3.8, 4) is 11.5 Å². The highest BCUT2D eigenvalue weighted by Crippen LogP contribution is 2.26. The molecular weight excluding hydrogens is 324 g/mol. The number of aryl methyl sites for hydroxylation is 1. The molecule has 142 valence electrons. The van der Waals surface area contributed by atoms with Gasteiger partial charge in [-0.05, 0) is 49.2 Å². The van der Waals surface area contributed by atoms with Crippen molar-refractivity contribution in [2.45, 2.75) is 65.1 Å². The molecule has 4 N–H and O–H groups in total. The Kier molecular flexibility index (Phi) is 8.13. The molecule has 0 aliphatic heterocycles. The summed E-state index contributed by atoms with van der Waals surface area (Å²) in [6, 6.07) is 13.2. The van der Waals surface area contributed by atoms with E-state index in [1.54, 1.807) is 0 Å². The van der Waals surface area contributed by atoms with E-state index in [0.717, 1.165) is 29.8 Å². The number of para-hydroxylation sites is 2. The molecule has 0 radical (unpaired) electrons. The number of nitrogen functional groups attached to an aromatic ring is 2. The first-order valence-corrected chi connectivity index (χ1v) is 9.64. The van der Waals surface area contributed by atoms with Gasteiger partial charge in [0.1, 0.15) is 11.5 Å². The van der Waals surface area contributed by atoms with E-state index in [-0.39, 0.29) is 6.29 Å². The smallest absolute Gasteiger partial charge is 0.241 e. The summed E-state index contributed by atoms with van der Waals surface area (Å²) in [4.78, 5) is 0. The first kappa shape index (κ1) is 20.0. The van der Waals surface area contributed by atoms with E-state index >= 15 is 0 Å². The number of unbranched alkanes of at least 4 members (excludes halogenated alkanes) is 5. The van der Waals surface area contributed by atoms with Crippen LogP contribution in [0.1, 0.15) is 57.4 Å². The first-order valence-electron chi connectivity index (χ1n) is 9.64. The maximum absolute atomic E-state index is 6.10. The summed E-state index contributed by atoms with van der Waals surface area (Å²) in [5.74, 6) is 1.43. The zero-order chi connectivity index (χ0) is 18.8. The molecule has 26 heavy (non-hydrogen) atoms. The minimum Gasteiger partial charge on any atom is -0.455 e. The van der Waals surface area contributed by atoms with Gasteiger partial charge in [-0.25, -0.2) is 0 Å². The number of rotatable bonds is 11. The summed E-state index contributed by atoms with van der Waals surface area (Å²) < 4.78 is 12.2. The Morgan fingerprint density at radius 3 is 2.31 bits per heavy atom. The normalized spacial score (nSPS) is 11.9. The fourth-order valence-corrected chi connectivity index (χ4v) is 2.84. The molecule has 2 aromatic rings. The Bertz CT molecular complexity index is 673. The highest BCUT2D eigenvalue weighted by Gasteiger charge is 2.14. The third-order valence-corrected chi connectivity index (χ3v) is 4.48. The molecule has 0 bridgehead atoms. The monoisotopic (exact) mass is 356 g/mol. The molecule has 4 nitrogen and oxygen atoms in total. The maximum atomic E-state index is 6.10. The molecule has 1 atom stereocenters. The number of hydrogen-bond donors (Lipinski definition) is 2. The van der Waals surface area contributed by atoms with Crippen molar-refractivity contribution in [2.75, 3.05) is 11.5 Å². The highest BCUT2D eigenvalue weighted by atomic mass is 16.7. The van der Waals surface area contributed by atoms with Crippen molar-refractivity contribution < 1.29 is 9.47 Å². The van der Waals surface area contributed by atoms with E-state index in [1.807, 2.05) is 49.4 Å². The number of nitrogens with two attached hydrogens (primary N) is 2. The van der Waals surface area contributed by atoms with Crippen molar-refractivity contribution in [1.29, 1.82) is 0 Å². The Morgan fingerprint density at radius 2 is 1.58 bits per heavy atom. The lowest BCUT2D eigenvalue weighted by molar-refractivity contribution is -0.00192. The second-order valence-electron chi connectivity index (χ2n) is 6.78. The van der Waals surface area contributed by atoms with Gasteiger partial charge in [-0.15, -0.1) is 0 Å². The molecule has 0 saturated heterocycles. The molecule has 0 aliphatic rings. The number of anilines is 2. The van der Waals surface area contributed by atoms with Crippen LogP contribution in [0.3, 0.4) is 0 Å². The Balaban J connectivity index is 1.98. The van der Waals surface area contributed by atoms with Crippen LogP contribution in [0.25, 0.3) is 0 Å². The van der Waals surface area contributed by atoms with Crippen LogP contribution in [0.5, 0.6) is 11.5 Å². The largest absolute Gasteiger partial charge is 0.455 e. The summed E-state index contributed by atoms with van der Waals surface area (Å²) in [7, 11) is 0. The summed E-state index contributed by atoms with van der Waals surface area (Å²) >= 11 is 0. The van der Waals surface area contributed by atoms with Gasteiger partial charge in [-0.1, -0.05) is 51.2 Å². The van der Waals surface area contributed by atoms with Crippen molar-refractivity contribution >= 4 is 11.4 Å². The molecule has 0 fully saturated rings. The number of benzene rings is 2. The van der Waals surface area contributed by atoms with E-state index in [2.05, 4.69) is 6.92 Å². The van der Waals surface area contributed by atoms with Gasteiger partial charge in [-0.2, -0.15) is 0 Å². The molecule has 0 saturated carbocycles. The van der Waals surface area contributed by atoms with Crippen molar-refractivity contribution in [3.05, 3.63) is 48.0 Å². The molecule has 0 aromatic heterocycles. The van der Waals surface area contributed by atoms with Crippen molar-refractivity contribution in [3.63, 3.8) is 0 Å². The third-order valence-electron chi connectivity index (χ3n) is 4.48. The maximum Gasteiger partial charge on any atom is 0.241 e. The first-order chi connectivity index (χ1) is 12.6. The number of hydrogen-bond acceptors (Lipinski definition) is 4. The second-order valence-corrected chi connectivity index (χ2v) is 6.78. The minimum absolute atomic E-state index is 0.367. The average Bonchev–Trinajstić information content (AvgIpc) is 2.63. The Labute approximate surface area is 157 Å². The zero-order valence-electron chi connectivity index (χ0n) is 16.0. The van der Waals surface area contributed by atoms with Crippen LogP contribution >= 0.6 is 0 Å². The number of ether oxygens (including phenoxy) is 2. The van der Waals surface area contributed by atoms with Crippen LogP contribution in [-0.4, -0.2) is 6.29 Å². The van der Waals surface area contributed by atoms with Crippen LogP contribution in [0, 0.1) is 6.92 Å². The molecule has 1 unspecified atom stereocenters. The van der Waals surface area contributed by atoms with Crippen LogP contribution in [0.2, 0.25) is 0 Å². The molecule has 0 spiro atoms. The van der Waals surface area contributed by atoms with Gasteiger partial charge < -0.3 is 20.9 Å². The van der Waals surface area contributed by atoms with E-state index in [1.165, 1.54) is 32.1 Å². The second kappa shape index (κ2) is 10.6. The van der Waals surface area contributed by atoms with E-state index in [0.29, 0.717) is 11.4 Å². The van der Waals surface area contributed by atoms with Gasteiger partial charge >= 0.3 is 0 Å². The predicted octanol–water partition coefficient (Wildman–Crippen LogP) is 5.69. The predicted molar refractivity (Wildman–Crippen MR) is 109 cm³/mol. The Morgan fingerprint density at radius 1 is 0.846 bits per heavy atom. The van der Waals surface area contributed by atoms with Crippen LogP contribution in [0.4, 0.5) is 11.4 Å². The summed E-state index contributed by atoms with van der Waals surface area (Å²) in [6.07, 6.45) is 7.84. The van der Waals surface area contributed by atoms with Gasteiger partial charge in [0, 0.05) is 12.1 Å². The third kappa shape index (κ3) is 6.51. The van der Waals surface area contributed by atoms with Gasteiger partial charge in [0.05, 0.1) is 5.69 Å². The molecule has 0 heterocycles. The van der Waals surface area contributed by atoms with Gasteiger partial charge in [0.2, 0.25) is 6.29 Å². The molecule has 0 amide bonds. The minimum atomic E-state index is -0.367. The van der Waals surface area contributed by atoms with Gasteiger partial charge in [-0.3, -0.25) is 0 Å². The summed E-state index contributed by atoms with van der Waals surface area (Å²) in [5, 5.41) is 0. The fourth-order valence-electron chi connectivity index (χ4n) is 2.84. The lowest BCUT2D eigenvalue weighted by Gasteiger charge is -2.22. The van der Waals surface area contributed by atoms with Crippen molar-refractivity contribution in [1.82, 2.24) is 0 Å². The van der Waals surface area contributed by atoms with Gasteiger partial charge in [0.25, 0.3) is 0 Å². The zero-order valence-corrected chi connectivity index (χ0v) is 16.0. The lowest BCUT2D eigenvalue weighted by Crippen LogP contribution is -2.24. The van der Waals surface area contributed by atoms with Gasteiger partial charge in [0.15, 0.2) is 0 Å². The van der Waals surface area contributed by atoms with E-state index in [4.69, 9.17) is 20.9 Å². The molecule has 2 aromatic carbocycles. The lowest BCUT2D eigenvalue weighted by atomic mass is 10.1. The van der Waals surface area contributed by atoms with Crippen LogP contribution in [0.15, 0.2) is 42.5 Å². The quantitative estimate of drug-likeness (QED) is 0.308. The molecule has 2 rings (SSSR count).